The van der Waals surface area contributed by atoms with E-state index >= 15 is 0 Å². The summed E-state index contributed by atoms with van der Waals surface area (Å²) in [6.45, 7) is 3.03. The second kappa shape index (κ2) is 4.81. The van der Waals surface area contributed by atoms with Gasteiger partial charge in [0.15, 0.2) is 5.65 Å². The Labute approximate surface area is 112 Å². The molecule has 2 N–H and O–H groups in total. The Morgan fingerprint density at radius 3 is 2.89 bits per heavy atom. The van der Waals surface area contributed by atoms with Gasteiger partial charge in [-0.3, -0.25) is 0 Å². The van der Waals surface area contributed by atoms with E-state index in [0.717, 1.165) is 30.6 Å². The zero-order valence-electron chi connectivity index (χ0n) is 11.3. The Kier molecular flexibility index (Phi) is 3.14. The van der Waals surface area contributed by atoms with Gasteiger partial charge in [0.1, 0.15) is 0 Å². The van der Waals surface area contributed by atoms with Gasteiger partial charge in [-0.1, -0.05) is 18.9 Å². The average molecular weight is 260 g/mol. The fourth-order valence-electron chi connectivity index (χ4n) is 2.84. The summed E-state index contributed by atoms with van der Waals surface area (Å²) in [5.41, 5.74) is 2.03. The van der Waals surface area contributed by atoms with E-state index in [-0.39, 0.29) is 12.0 Å². The lowest BCUT2D eigenvalue weighted by molar-refractivity contribution is 0.142. The van der Waals surface area contributed by atoms with Gasteiger partial charge < -0.3 is 10.4 Å². The lowest BCUT2D eigenvalue weighted by Gasteiger charge is -2.26. The first-order valence-corrected chi connectivity index (χ1v) is 6.89. The van der Waals surface area contributed by atoms with Crippen molar-refractivity contribution < 1.29 is 5.11 Å². The van der Waals surface area contributed by atoms with E-state index in [1.165, 1.54) is 12.8 Å². The SMILES string of the molecule is Cc1ccc2nc(NCC3(CO)CCCC3)nn2c1. The first-order chi connectivity index (χ1) is 9.21. The summed E-state index contributed by atoms with van der Waals surface area (Å²) in [5, 5.41) is 17.3. The number of nitrogens with zero attached hydrogens (tertiary/aromatic N) is 3. The maximum Gasteiger partial charge on any atom is 0.243 e. The van der Waals surface area contributed by atoms with E-state index < -0.39 is 0 Å². The van der Waals surface area contributed by atoms with Crippen molar-refractivity contribution in [1.82, 2.24) is 14.6 Å². The minimum Gasteiger partial charge on any atom is -0.396 e. The molecular formula is C14H20N4O. The molecule has 0 radical (unpaired) electrons. The predicted octanol–water partition coefficient (Wildman–Crippen LogP) is 2.00. The molecule has 1 aliphatic carbocycles. The molecule has 0 amide bonds. The van der Waals surface area contributed by atoms with Crippen LogP contribution in [-0.4, -0.2) is 32.9 Å². The summed E-state index contributed by atoms with van der Waals surface area (Å²) < 4.78 is 1.79. The number of hydrogen-bond acceptors (Lipinski definition) is 4. The Hall–Kier alpha value is -1.62. The number of hydrogen-bond donors (Lipinski definition) is 2. The fraction of sp³-hybridized carbons (Fsp3) is 0.571. The molecule has 2 aromatic rings. The number of aromatic nitrogens is 3. The van der Waals surface area contributed by atoms with Crippen LogP contribution in [0.25, 0.3) is 5.65 Å². The molecule has 2 heterocycles. The fourth-order valence-corrected chi connectivity index (χ4v) is 2.84. The Balaban J connectivity index is 1.74. The van der Waals surface area contributed by atoms with Crippen molar-refractivity contribution in [2.45, 2.75) is 32.6 Å². The summed E-state index contributed by atoms with van der Waals surface area (Å²) in [6.07, 6.45) is 6.55. The first kappa shape index (κ1) is 12.4. The van der Waals surface area contributed by atoms with Crippen molar-refractivity contribution in [1.29, 1.82) is 0 Å². The molecule has 2 aromatic heterocycles. The molecule has 0 aliphatic heterocycles. The van der Waals surface area contributed by atoms with Crippen LogP contribution in [0, 0.1) is 12.3 Å². The molecular weight excluding hydrogens is 240 g/mol. The number of fused-ring (bicyclic) bond motifs is 1. The van der Waals surface area contributed by atoms with Gasteiger partial charge in [0.05, 0.1) is 6.61 Å². The largest absolute Gasteiger partial charge is 0.396 e. The quantitative estimate of drug-likeness (QED) is 0.882. The van der Waals surface area contributed by atoms with Gasteiger partial charge in [-0.2, -0.15) is 4.98 Å². The van der Waals surface area contributed by atoms with Crippen molar-refractivity contribution in [2.75, 3.05) is 18.5 Å². The highest BCUT2D eigenvalue weighted by Crippen LogP contribution is 2.37. The highest BCUT2D eigenvalue weighted by molar-refractivity contribution is 5.44. The van der Waals surface area contributed by atoms with Crippen LogP contribution >= 0.6 is 0 Å². The molecule has 5 nitrogen and oxygen atoms in total. The predicted molar refractivity (Wildman–Crippen MR) is 74.2 cm³/mol. The Morgan fingerprint density at radius 1 is 1.37 bits per heavy atom. The topological polar surface area (TPSA) is 62.5 Å². The molecule has 0 unspecified atom stereocenters. The van der Waals surface area contributed by atoms with Crippen LogP contribution in [-0.2, 0) is 0 Å². The van der Waals surface area contributed by atoms with Crippen molar-refractivity contribution in [2.24, 2.45) is 5.41 Å². The zero-order chi connectivity index (χ0) is 13.3. The second-order valence-electron chi connectivity index (χ2n) is 5.66. The summed E-state index contributed by atoms with van der Waals surface area (Å²) in [4.78, 5) is 4.44. The lowest BCUT2D eigenvalue weighted by atomic mass is 9.87. The summed E-state index contributed by atoms with van der Waals surface area (Å²) in [6, 6.07) is 3.99. The van der Waals surface area contributed by atoms with Gasteiger partial charge >= 0.3 is 0 Å². The summed E-state index contributed by atoms with van der Waals surface area (Å²) in [5.74, 6) is 0.644. The van der Waals surface area contributed by atoms with E-state index in [2.05, 4.69) is 15.4 Å². The number of aliphatic hydroxyl groups is 1. The maximum absolute atomic E-state index is 9.58. The molecule has 0 spiro atoms. The van der Waals surface area contributed by atoms with Crippen LogP contribution in [0.2, 0.25) is 0 Å². The zero-order valence-corrected chi connectivity index (χ0v) is 11.3. The monoisotopic (exact) mass is 260 g/mol. The normalized spacial score (nSPS) is 18.0. The van der Waals surface area contributed by atoms with Crippen LogP contribution in [0.15, 0.2) is 18.3 Å². The highest BCUT2D eigenvalue weighted by atomic mass is 16.3. The number of rotatable bonds is 4. The van der Waals surface area contributed by atoms with Gasteiger partial charge in [0.2, 0.25) is 5.95 Å². The second-order valence-corrected chi connectivity index (χ2v) is 5.66. The van der Waals surface area contributed by atoms with E-state index in [1.54, 1.807) is 4.52 Å². The number of nitrogens with one attached hydrogen (secondary N) is 1. The lowest BCUT2D eigenvalue weighted by Crippen LogP contribution is -2.30. The van der Waals surface area contributed by atoms with Crippen LogP contribution in [0.4, 0.5) is 5.95 Å². The average Bonchev–Trinajstić information content (AvgIpc) is 3.02. The van der Waals surface area contributed by atoms with E-state index in [1.807, 2.05) is 25.3 Å². The number of aliphatic hydroxyl groups excluding tert-OH is 1. The van der Waals surface area contributed by atoms with Crippen LogP contribution < -0.4 is 5.32 Å². The standard InChI is InChI=1S/C14H20N4O/c1-11-4-5-12-16-13(17-18(12)8-11)15-9-14(10-19)6-2-3-7-14/h4-5,8,19H,2-3,6-7,9-10H2,1H3,(H,15,17). The van der Waals surface area contributed by atoms with Gasteiger partial charge in [0, 0.05) is 18.2 Å². The molecule has 0 aromatic carbocycles. The van der Waals surface area contributed by atoms with Gasteiger partial charge in [0.25, 0.3) is 0 Å². The van der Waals surface area contributed by atoms with Crippen LogP contribution in [0.5, 0.6) is 0 Å². The summed E-state index contributed by atoms with van der Waals surface area (Å²) in [7, 11) is 0. The minimum absolute atomic E-state index is 0.0212. The van der Waals surface area contributed by atoms with E-state index in [0.29, 0.717) is 5.95 Å². The third-order valence-electron chi connectivity index (χ3n) is 4.10. The van der Waals surface area contributed by atoms with Gasteiger partial charge in [-0.25, -0.2) is 4.52 Å². The van der Waals surface area contributed by atoms with Crippen molar-refractivity contribution in [3.05, 3.63) is 23.9 Å². The number of aryl methyl sites for hydroxylation is 1. The molecule has 19 heavy (non-hydrogen) atoms. The van der Waals surface area contributed by atoms with Crippen molar-refractivity contribution >= 4 is 11.6 Å². The van der Waals surface area contributed by atoms with E-state index in [4.69, 9.17) is 0 Å². The third kappa shape index (κ3) is 2.42. The number of anilines is 1. The van der Waals surface area contributed by atoms with Crippen LogP contribution in [0.3, 0.4) is 0 Å². The van der Waals surface area contributed by atoms with Crippen molar-refractivity contribution in [3.8, 4) is 0 Å². The molecule has 1 saturated carbocycles. The maximum atomic E-state index is 9.58. The third-order valence-corrected chi connectivity index (χ3v) is 4.10. The molecule has 0 saturated heterocycles. The molecule has 5 heteroatoms. The smallest absolute Gasteiger partial charge is 0.243 e. The molecule has 3 rings (SSSR count). The first-order valence-electron chi connectivity index (χ1n) is 6.89. The minimum atomic E-state index is 0.0212. The molecule has 102 valence electrons. The summed E-state index contributed by atoms with van der Waals surface area (Å²) >= 11 is 0. The molecule has 0 atom stereocenters. The Bertz CT molecular complexity index is 572. The number of pyridine rings is 1. The molecule has 0 bridgehead atoms. The van der Waals surface area contributed by atoms with Crippen molar-refractivity contribution in [3.63, 3.8) is 0 Å². The van der Waals surface area contributed by atoms with E-state index in [9.17, 15) is 5.11 Å². The molecule has 1 fully saturated rings. The van der Waals surface area contributed by atoms with Crippen LogP contribution in [0.1, 0.15) is 31.2 Å². The Morgan fingerprint density at radius 2 is 2.16 bits per heavy atom. The highest BCUT2D eigenvalue weighted by Gasteiger charge is 2.33. The van der Waals surface area contributed by atoms with Gasteiger partial charge in [-0.15, -0.1) is 5.10 Å². The van der Waals surface area contributed by atoms with Gasteiger partial charge in [-0.05, 0) is 31.4 Å². The molecule has 1 aliphatic rings.